The van der Waals surface area contributed by atoms with Gasteiger partial charge in [-0.2, -0.15) is 0 Å². The molecule has 0 saturated heterocycles. The normalized spacial score (nSPS) is 10.6. The first kappa shape index (κ1) is 16.3. The number of rotatable bonds is 6. The highest BCUT2D eigenvalue weighted by molar-refractivity contribution is 7.13. The zero-order chi connectivity index (χ0) is 16.9. The van der Waals surface area contributed by atoms with Crippen LogP contribution in [0.25, 0.3) is 10.8 Å². The summed E-state index contributed by atoms with van der Waals surface area (Å²) in [5.41, 5.74) is 1.77. The number of thiazole rings is 1. The van der Waals surface area contributed by atoms with Gasteiger partial charge in [0.2, 0.25) is 5.91 Å². The SMILES string of the molecule is COc1ccc(CNC(=O)Cc2csc(-c3ccc(C)o3)n2)cc1. The fourth-order valence-electron chi connectivity index (χ4n) is 2.22. The minimum absolute atomic E-state index is 0.0571. The van der Waals surface area contributed by atoms with Gasteiger partial charge in [0.05, 0.1) is 19.2 Å². The number of hydrogen-bond acceptors (Lipinski definition) is 5. The second-order valence-corrected chi connectivity index (χ2v) is 6.21. The molecule has 1 N–H and O–H groups in total. The molecular formula is C18H18N2O3S. The van der Waals surface area contributed by atoms with Crippen molar-refractivity contribution in [3.8, 4) is 16.5 Å². The molecule has 1 amide bonds. The fourth-order valence-corrected chi connectivity index (χ4v) is 3.00. The van der Waals surface area contributed by atoms with E-state index in [-0.39, 0.29) is 12.3 Å². The van der Waals surface area contributed by atoms with E-state index < -0.39 is 0 Å². The van der Waals surface area contributed by atoms with Gasteiger partial charge in [-0.1, -0.05) is 12.1 Å². The van der Waals surface area contributed by atoms with Crippen LogP contribution in [0.3, 0.4) is 0 Å². The minimum atomic E-state index is -0.0571. The molecule has 124 valence electrons. The molecule has 1 aromatic carbocycles. The monoisotopic (exact) mass is 342 g/mol. The topological polar surface area (TPSA) is 64.4 Å². The summed E-state index contributed by atoms with van der Waals surface area (Å²) >= 11 is 1.48. The number of methoxy groups -OCH3 is 1. The number of nitrogens with zero attached hydrogens (tertiary/aromatic N) is 1. The predicted octanol–water partition coefficient (Wildman–Crippen LogP) is 3.58. The van der Waals surface area contributed by atoms with E-state index in [0.29, 0.717) is 6.54 Å². The van der Waals surface area contributed by atoms with Gasteiger partial charge >= 0.3 is 0 Å². The maximum atomic E-state index is 12.1. The second kappa shape index (κ2) is 7.31. The van der Waals surface area contributed by atoms with Gasteiger partial charge in [0.1, 0.15) is 11.5 Å². The summed E-state index contributed by atoms with van der Waals surface area (Å²) in [6.45, 7) is 2.38. The average Bonchev–Trinajstić information content (AvgIpc) is 3.22. The van der Waals surface area contributed by atoms with E-state index in [4.69, 9.17) is 9.15 Å². The molecule has 0 spiro atoms. The van der Waals surface area contributed by atoms with Gasteiger partial charge in [-0.05, 0) is 36.8 Å². The second-order valence-electron chi connectivity index (χ2n) is 5.36. The predicted molar refractivity (Wildman–Crippen MR) is 93.1 cm³/mol. The number of ether oxygens (including phenoxy) is 1. The standard InChI is InChI=1S/C18H18N2O3S/c1-12-3-8-16(23-12)18-20-14(11-24-18)9-17(21)19-10-13-4-6-15(22-2)7-5-13/h3-8,11H,9-10H2,1-2H3,(H,19,21). The van der Waals surface area contributed by atoms with Crippen LogP contribution in [-0.4, -0.2) is 18.0 Å². The highest BCUT2D eigenvalue weighted by Gasteiger charge is 2.11. The third kappa shape index (κ3) is 4.02. The van der Waals surface area contributed by atoms with E-state index in [1.54, 1.807) is 7.11 Å². The van der Waals surface area contributed by atoms with E-state index in [1.807, 2.05) is 48.7 Å². The molecule has 5 nitrogen and oxygen atoms in total. The van der Waals surface area contributed by atoms with Gasteiger partial charge in [0.15, 0.2) is 10.8 Å². The molecule has 0 atom stereocenters. The number of hydrogen-bond donors (Lipinski definition) is 1. The van der Waals surface area contributed by atoms with E-state index >= 15 is 0 Å². The third-order valence-corrected chi connectivity index (χ3v) is 4.40. The van der Waals surface area contributed by atoms with Crippen molar-refractivity contribution in [3.63, 3.8) is 0 Å². The number of nitrogens with one attached hydrogen (secondary N) is 1. The van der Waals surface area contributed by atoms with Crippen LogP contribution in [0.4, 0.5) is 0 Å². The molecule has 0 aliphatic heterocycles. The molecule has 3 aromatic rings. The number of carbonyl (C=O) groups is 1. The number of aryl methyl sites for hydroxylation is 1. The Bertz CT molecular complexity index is 821. The van der Waals surface area contributed by atoms with Crippen LogP contribution in [-0.2, 0) is 17.8 Å². The van der Waals surface area contributed by atoms with Crippen molar-refractivity contribution in [2.24, 2.45) is 0 Å². The van der Waals surface area contributed by atoms with Crippen LogP contribution in [0.2, 0.25) is 0 Å². The molecule has 0 fully saturated rings. The van der Waals surface area contributed by atoms with Crippen LogP contribution >= 0.6 is 11.3 Å². The number of aromatic nitrogens is 1. The maximum absolute atomic E-state index is 12.1. The summed E-state index contributed by atoms with van der Waals surface area (Å²) in [6, 6.07) is 11.4. The lowest BCUT2D eigenvalue weighted by Crippen LogP contribution is -2.24. The van der Waals surface area contributed by atoms with Crippen LogP contribution in [0.5, 0.6) is 5.75 Å². The number of carbonyl (C=O) groups excluding carboxylic acids is 1. The summed E-state index contributed by atoms with van der Waals surface area (Å²) in [7, 11) is 1.63. The Labute approximate surface area is 144 Å². The first-order valence-corrected chi connectivity index (χ1v) is 8.43. The Kier molecular flexibility index (Phi) is 4.96. The van der Waals surface area contributed by atoms with Crippen molar-refractivity contribution in [2.45, 2.75) is 19.9 Å². The van der Waals surface area contributed by atoms with Crippen LogP contribution in [0.1, 0.15) is 17.0 Å². The molecule has 2 aromatic heterocycles. The Morgan fingerprint density at radius 1 is 1.25 bits per heavy atom. The summed E-state index contributed by atoms with van der Waals surface area (Å²) in [4.78, 5) is 16.5. The molecule has 0 bridgehead atoms. The first-order valence-electron chi connectivity index (χ1n) is 7.55. The van der Waals surface area contributed by atoms with Crippen molar-refractivity contribution in [1.82, 2.24) is 10.3 Å². The molecule has 3 rings (SSSR count). The van der Waals surface area contributed by atoms with E-state index in [0.717, 1.165) is 33.5 Å². The highest BCUT2D eigenvalue weighted by atomic mass is 32.1. The smallest absolute Gasteiger partial charge is 0.226 e. The van der Waals surface area contributed by atoms with Gasteiger partial charge in [-0.15, -0.1) is 11.3 Å². The summed E-state index contributed by atoms with van der Waals surface area (Å²) in [5.74, 6) is 2.33. The lowest BCUT2D eigenvalue weighted by atomic mass is 10.2. The Balaban J connectivity index is 1.54. The van der Waals surface area contributed by atoms with Gasteiger partial charge < -0.3 is 14.5 Å². The molecule has 0 radical (unpaired) electrons. The quantitative estimate of drug-likeness (QED) is 0.744. The number of benzene rings is 1. The number of amides is 1. The van der Waals surface area contributed by atoms with E-state index in [9.17, 15) is 4.79 Å². The van der Waals surface area contributed by atoms with Gasteiger partial charge in [-0.3, -0.25) is 4.79 Å². The lowest BCUT2D eigenvalue weighted by molar-refractivity contribution is -0.120. The minimum Gasteiger partial charge on any atom is -0.497 e. The molecule has 24 heavy (non-hydrogen) atoms. The van der Waals surface area contributed by atoms with E-state index in [2.05, 4.69) is 10.3 Å². The maximum Gasteiger partial charge on any atom is 0.226 e. The zero-order valence-corrected chi connectivity index (χ0v) is 14.4. The van der Waals surface area contributed by atoms with Crippen molar-refractivity contribution in [1.29, 1.82) is 0 Å². The van der Waals surface area contributed by atoms with Crippen LogP contribution in [0, 0.1) is 6.92 Å². The summed E-state index contributed by atoms with van der Waals surface area (Å²) < 4.78 is 10.7. The van der Waals surface area contributed by atoms with Crippen LogP contribution < -0.4 is 10.1 Å². The largest absolute Gasteiger partial charge is 0.497 e. The molecule has 0 saturated carbocycles. The first-order chi connectivity index (χ1) is 11.6. The van der Waals surface area contributed by atoms with Crippen molar-refractivity contribution >= 4 is 17.2 Å². The number of furan rings is 1. The Hall–Kier alpha value is -2.60. The van der Waals surface area contributed by atoms with Crippen molar-refractivity contribution in [2.75, 3.05) is 7.11 Å². The average molecular weight is 342 g/mol. The Morgan fingerprint density at radius 3 is 2.71 bits per heavy atom. The van der Waals surface area contributed by atoms with Gasteiger partial charge in [0, 0.05) is 11.9 Å². The molecule has 0 unspecified atom stereocenters. The molecule has 0 aliphatic rings. The van der Waals surface area contributed by atoms with Gasteiger partial charge in [0.25, 0.3) is 0 Å². The summed E-state index contributed by atoms with van der Waals surface area (Å²) in [5, 5.41) is 5.58. The van der Waals surface area contributed by atoms with E-state index in [1.165, 1.54) is 11.3 Å². The third-order valence-electron chi connectivity index (χ3n) is 3.49. The van der Waals surface area contributed by atoms with Crippen LogP contribution in [0.15, 0.2) is 46.2 Å². The summed E-state index contributed by atoms with van der Waals surface area (Å²) in [6.07, 6.45) is 0.256. The molecule has 0 aliphatic carbocycles. The fraction of sp³-hybridized carbons (Fsp3) is 0.222. The molecular weight excluding hydrogens is 324 g/mol. The zero-order valence-electron chi connectivity index (χ0n) is 13.5. The van der Waals surface area contributed by atoms with Crippen molar-refractivity contribution < 1.29 is 13.9 Å². The lowest BCUT2D eigenvalue weighted by Gasteiger charge is -2.05. The molecule has 2 heterocycles. The Morgan fingerprint density at radius 2 is 2.04 bits per heavy atom. The molecule has 6 heteroatoms. The highest BCUT2D eigenvalue weighted by Crippen LogP contribution is 2.25. The van der Waals surface area contributed by atoms with Crippen molar-refractivity contribution in [3.05, 3.63) is 58.8 Å². The van der Waals surface area contributed by atoms with Gasteiger partial charge in [-0.25, -0.2) is 4.98 Å².